The van der Waals surface area contributed by atoms with Gasteiger partial charge in [-0.05, 0) is 74.5 Å². The molecule has 0 saturated heterocycles. The number of hydrogen-bond donors (Lipinski definition) is 1. The Balaban J connectivity index is 1.75. The minimum Gasteiger partial charge on any atom is -0.481 e. The Morgan fingerprint density at radius 1 is 1.14 bits per heavy atom. The van der Waals surface area contributed by atoms with Crippen LogP contribution in [0.5, 0.6) is 0 Å². The monoisotopic (exact) mass is 288 g/mol. The summed E-state index contributed by atoms with van der Waals surface area (Å²) in [7, 11) is 0. The maximum atomic E-state index is 12.3. The van der Waals surface area contributed by atoms with Crippen LogP contribution in [0, 0.1) is 28.6 Å². The lowest BCUT2D eigenvalue weighted by Gasteiger charge is -2.57. The molecular formula is C19H28O2. The summed E-state index contributed by atoms with van der Waals surface area (Å²) in [6.07, 6.45) is 14.3. The van der Waals surface area contributed by atoms with Crippen molar-refractivity contribution in [3.63, 3.8) is 0 Å². The molecule has 0 aromatic carbocycles. The first-order valence-corrected chi connectivity index (χ1v) is 9.02. The van der Waals surface area contributed by atoms with Crippen LogP contribution in [0.2, 0.25) is 0 Å². The maximum absolute atomic E-state index is 12.3. The molecule has 0 bridgehead atoms. The Labute approximate surface area is 128 Å². The lowest BCUT2D eigenvalue weighted by atomic mass is 9.46. The van der Waals surface area contributed by atoms with Crippen molar-refractivity contribution < 1.29 is 9.90 Å². The van der Waals surface area contributed by atoms with Crippen LogP contribution >= 0.6 is 0 Å². The highest BCUT2D eigenvalue weighted by Gasteiger charge is 2.60. The molecule has 0 aromatic rings. The van der Waals surface area contributed by atoms with Crippen LogP contribution in [-0.4, -0.2) is 11.1 Å². The second kappa shape index (κ2) is 4.60. The van der Waals surface area contributed by atoms with E-state index < -0.39 is 5.97 Å². The van der Waals surface area contributed by atoms with E-state index in [1.807, 2.05) is 0 Å². The van der Waals surface area contributed by atoms with Crippen molar-refractivity contribution in [2.75, 3.05) is 0 Å². The molecule has 5 atom stereocenters. The van der Waals surface area contributed by atoms with Crippen LogP contribution < -0.4 is 0 Å². The normalized spacial score (nSPS) is 48.8. The van der Waals surface area contributed by atoms with E-state index in [0.717, 1.165) is 32.1 Å². The third-order valence-corrected chi connectivity index (χ3v) is 7.66. The fourth-order valence-corrected chi connectivity index (χ4v) is 6.65. The number of fused-ring (bicyclic) bond motifs is 5. The summed E-state index contributed by atoms with van der Waals surface area (Å²) >= 11 is 0. The maximum Gasteiger partial charge on any atom is 0.310 e. The van der Waals surface area contributed by atoms with Gasteiger partial charge >= 0.3 is 5.97 Å². The van der Waals surface area contributed by atoms with Crippen LogP contribution in [0.4, 0.5) is 0 Å². The number of allylic oxidation sites excluding steroid dienone is 2. The average molecular weight is 288 g/mol. The zero-order chi connectivity index (χ0) is 14.7. The van der Waals surface area contributed by atoms with E-state index >= 15 is 0 Å². The largest absolute Gasteiger partial charge is 0.481 e. The zero-order valence-corrected chi connectivity index (χ0v) is 13.2. The Hall–Kier alpha value is -0.790. The van der Waals surface area contributed by atoms with Crippen molar-refractivity contribution in [1.82, 2.24) is 0 Å². The number of carboxylic acid groups (broad SMARTS) is 1. The molecule has 4 aliphatic carbocycles. The topological polar surface area (TPSA) is 37.3 Å². The van der Waals surface area contributed by atoms with Gasteiger partial charge in [0, 0.05) is 0 Å². The molecule has 3 saturated carbocycles. The number of aliphatic carboxylic acids is 1. The van der Waals surface area contributed by atoms with E-state index in [1.165, 1.54) is 32.1 Å². The fourth-order valence-electron chi connectivity index (χ4n) is 6.65. The van der Waals surface area contributed by atoms with Gasteiger partial charge in [-0.3, -0.25) is 4.79 Å². The molecule has 1 N–H and O–H groups in total. The van der Waals surface area contributed by atoms with Gasteiger partial charge in [-0.15, -0.1) is 0 Å². The third-order valence-electron chi connectivity index (χ3n) is 7.66. The SMILES string of the molecule is C[C@@]12CCC=C1[C@@H]1CCC3CCCC[C@]3(C(=O)O)[C@@H]1CC2. The Bertz CT molecular complexity index is 494. The first kappa shape index (κ1) is 13.8. The molecule has 0 radical (unpaired) electrons. The summed E-state index contributed by atoms with van der Waals surface area (Å²) < 4.78 is 0. The summed E-state index contributed by atoms with van der Waals surface area (Å²) in [5, 5.41) is 10.1. The van der Waals surface area contributed by atoms with E-state index in [-0.39, 0.29) is 5.41 Å². The summed E-state index contributed by atoms with van der Waals surface area (Å²) in [5.74, 6) is 0.989. The molecule has 0 aliphatic heterocycles. The first-order valence-electron chi connectivity index (χ1n) is 9.02. The molecule has 0 spiro atoms. The highest BCUT2D eigenvalue weighted by molar-refractivity contribution is 5.76. The second-order valence-electron chi connectivity index (χ2n) is 8.38. The minimum absolute atomic E-state index is 0.383. The molecule has 0 amide bonds. The first-order chi connectivity index (χ1) is 10.1. The predicted octanol–water partition coefficient (Wildman–Crippen LogP) is 4.79. The predicted molar refractivity (Wildman–Crippen MR) is 82.9 cm³/mol. The molecule has 0 aromatic heterocycles. The van der Waals surface area contributed by atoms with Gasteiger partial charge in [-0.1, -0.05) is 31.4 Å². The smallest absolute Gasteiger partial charge is 0.310 e. The number of rotatable bonds is 1. The van der Waals surface area contributed by atoms with Gasteiger partial charge in [-0.2, -0.15) is 0 Å². The van der Waals surface area contributed by atoms with Crippen molar-refractivity contribution in [2.45, 2.75) is 71.1 Å². The quantitative estimate of drug-likeness (QED) is 0.704. The van der Waals surface area contributed by atoms with Crippen LogP contribution in [0.15, 0.2) is 11.6 Å². The van der Waals surface area contributed by atoms with E-state index in [9.17, 15) is 9.90 Å². The zero-order valence-electron chi connectivity index (χ0n) is 13.2. The summed E-state index contributed by atoms with van der Waals surface area (Å²) in [4.78, 5) is 12.3. The summed E-state index contributed by atoms with van der Waals surface area (Å²) in [6.45, 7) is 2.43. The van der Waals surface area contributed by atoms with Gasteiger partial charge in [0.05, 0.1) is 5.41 Å². The Morgan fingerprint density at radius 3 is 2.81 bits per heavy atom. The van der Waals surface area contributed by atoms with Crippen LogP contribution in [-0.2, 0) is 4.79 Å². The van der Waals surface area contributed by atoms with Crippen LogP contribution in [0.25, 0.3) is 0 Å². The molecule has 1 unspecified atom stereocenters. The van der Waals surface area contributed by atoms with Gasteiger partial charge in [0.1, 0.15) is 0 Å². The molecular weight excluding hydrogens is 260 g/mol. The molecule has 4 aliphatic rings. The van der Waals surface area contributed by atoms with Gasteiger partial charge < -0.3 is 5.11 Å². The van der Waals surface area contributed by atoms with Crippen molar-refractivity contribution in [3.05, 3.63) is 11.6 Å². The van der Waals surface area contributed by atoms with E-state index in [2.05, 4.69) is 13.0 Å². The van der Waals surface area contributed by atoms with Crippen molar-refractivity contribution in [2.24, 2.45) is 28.6 Å². The number of carbonyl (C=O) groups is 1. The molecule has 4 rings (SSSR count). The minimum atomic E-state index is -0.468. The van der Waals surface area contributed by atoms with E-state index in [4.69, 9.17) is 0 Å². The standard InChI is InChI=1S/C19H28O2/c1-18-10-4-6-15(18)14-8-7-13-5-2-3-11-19(13,17(20)21)16(14)9-12-18/h6,13-14,16H,2-5,7-12H2,1H3,(H,20,21)/t13?,14-,16+,18-,19+/m0/s1. The van der Waals surface area contributed by atoms with Gasteiger partial charge in [0.15, 0.2) is 0 Å². The van der Waals surface area contributed by atoms with Crippen LogP contribution in [0.1, 0.15) is 71.1 Å². The highest BCUT2D eigenvalue weighted by Crippen LogP contribution is 2.64. The molecule has 2 heteroatoms. The molecule has 116 valence electrons. The lowest BCUT2D eigenvalue weighted by molar-refractivity contribution is -0.170. The second-order valence-corrected chi connectivity index (χ2v) is 8.38. The molecule has 3 fully saturated rings. The fraction of sp³-hybridized carbons (Fsp3) is 0.842. The summed E-state index contributed by atoms with van der Waals surface area (Å²) in [5.41, 5.74) is 1.68. The van der Waals surface area contributed by atoms with E-state index in [1.54, 1.807) is 5.57 Å². The average Bonchev–Trinajstić information content (AvgIpc) is 2.88. The Morgan fingerprint density at radius 2 is 2.00 bits per heavy atom. The Kier molecular flexibility index (Phi) is 3.03. The van der Waals surface area contributed by atoms with Gasteiger partial charge in [0.2, 0.25) is 0 Å². The molecule has 0 heterocycles. The van der Waals surface area contributed by atoms with Crippen molar-refractivity contribution >= 4 is 5.97 Å². The number of hydrogen-bond acceptors (Lipinski definition) is 1. The van der Waals surface area contributed by atoms with Gasteiger partial charge in [-0.25, -0.2) is 0 Å². The molecule has 2 nitrogen and oxygen atoms in total. The van der Waals surface area contributed by atoms with E-state index in [0.29, 0.717) is 23.2 Å². The van der Waals surface area contributed by atoms with Gasteiger partial charge in [0.25, 0.3) is 0 Å². The van der Waals surface area contributed by atoms with Crippen molar-refractivity contribution in [1.29, 1.82) is 0 Å². The summed E-state index contributed by atoms with van der Waals surface area (Å²) in [6, 6.07) is 0. The van der Waals surface area contributed by atoms with Crippen LogP contribution in [0.3, 0.4) is 0 Å². The van der Waals surface area contributed by atoms with Crippen molar-refractivity contribution in [3.8, 4) is 0 Å². The molecule has 21 heavy (non-hydrogen) atoms. The number of carboxylic acids is 1. The lowest BCUT2D eigenvalue weighted by Crippen LogP contribution is -2.55. The highest BCUT2D eigenvalue weighted by atomic mass is 16.4. The third kappa shape index (κ3) is 1.74.